The van der Waals surface area contributed by atoms with Gasteiger partial charge in [-0.05, 0) is 18.6 Å². The maximum atomic E-state index is 13.3. The first-order valence-corrected chi connectivity index (χ1v) is 8.93. The standard InChI is InChI=1S/C22H20O7/c1-10(2)16-6-12-18(29-16)8-15(24)20-21(25)13(9-28-22(12)20)11-5-19(27-4)14(23)7-17(11)26-3/h5,7-9,16,23-24H,1,6H2,2-4H3/t16-/m1/s1. The SMILES string of the molecule is C=C(C)[C@H]1Cc2c(cc(O)c3c(=O)c(-c4cc(OC)c(O)cc4OC)coc23)O1. The molecule has 0 radical (unpaired) electrons. The van der Waals surface area contributed by atoms with Gasteiger partial charge in [-0.3, -0.25) is 4.79 Å². The second-order valence-corrected chi connectivity index (χ2v) is 6.94. The number of ether oxygens (including phenoxy) is 3. The Morgan fingerprint density at radius 1 is 1.10 bits per heavy atom. The number of methoxy groups -OCH3 is 2. The molecule has 0 bridgehead atoms. The topological polar surface area (TPSA) is 98.4 Å². The predicted octanol–water partition coefficient (Wildman–Crippen LogP) is 3.77. The molecule has 0 fully saturated rings. The van der Waals surface area contributed by atoms with Crippen LogP contribution in [0, 0.1) is 0 Å². The molecule has 0 amide bonds. The van der Waals surface area contributed by atoms with Gasteiger partial charge in [-0.25, -0.2) is 0 Å². The second kappa shape index (κ2) is 6.77. The van der Waals surface area contributed by atoms with Gasteiger partial charge < -0.3 is 28.8 Å². The van der Waals surface area contributed by atoms with Crippen LogP contribution in [0.1, 0.15) is 12.5 Å². The highest BCUT2D eigenvalue weighted by atomic mass is 16.5. The lowest BCUT2D eigenvalue weighted by Gasteiger charge is -2.13. The van der Waals surface area contributed by atoms with Crippen molar-refractivity contribution in [1.82, 2.24) is 0 Å². The summed E-state index contributed by atoms with van der Waals surface area (Å²) in [6.07, 6.45) is 1.58. The Hall–Kier alpha value is -3.61. The highest BCUT2D eigenvalue weighted by molar-refractivity contribution is 5.92. The van der Waals surface area contributed by atoms with E-state index in [4.69, 9.17) is 18.6 Å². The van der Waals surface area contributed by atoms with Gasteiger partial charge in [0.25, 0.3) is 0 Å². The van der Waals surface area contributed by atoms with Crippen LogP contribution in [0.25, 0.3) is 22.1 Å². The fourth-order valence-electron chi connectivity index (χ4n) is 3.55. The molecule has 1 aromatic heterocycles. The molecule has 150 valence electrons. The van der Waals surface area contributed by atoms with Crippen LogP contribution in [0.3, 0.4) is 0 Å². The van der Waals surface area contributed by atoms with Crippen LogP contribution in [0.15, 0.2) is 45.8 Å². The molecule has 1 atom stereocenters. The van der Waals surface area contributed by atoms with Crippen LogP contribution in [0.2, 0.25) is 0 Å². The van der Waals surface area contributed by atoms with Crippen LogP contribution >= 0.6 is 0 Å². The third-order valence-corrected chi connectivity index (χ3v) is 5.09. The molecular weight excluding hydrogens is 376 g/mol. The minimum atomic E-state index is -0.434. The fraction of sp³-hybridized carbons (Fsp3) is 0.227. The first-order chi connectivity index (χ1) is 13.8. The fourth-order valence-corrected chi connectivity index (χ4v) is 3.55. The van der Waals surface area contributed by atoms with E-state index < -0.39 is 5.43 Å². The van der Waals surface area contributed by atoms with E-state index in [2.05, 4.69) is 6.58 Å². The summed E-state index contributed by atoms with van der Waals surface area (Å²) in [6.45, 7) is 5.77. The lowest BCUT2D eigenvalue weighted by atomic mass is 9.99. The molecule has 1 aliphatic rings. The van der Waals surface area contributed by atoms with E-state index in [1.807, 2.05) is 6.92 Å². The highest BCUT2D eigenvalue weighted by Gasteiger charge is 2.30. The lowest BCUT2D eigenvalue weighted by Crippen LogP contribution is -2.13. The number of benzene rings is 2. The zero-order chi connectivity index (χ0) is 20.9. The summed E-state index contributed by atoms with van der Waals surface area (Å²) in [5, 5.41) is 20.6. The van der Waals surface area contributed by atoms with E-state index in [1.54, 1.807) is 0 Å². The normalized spacial score (nSPS) is 15.1. The van der Waals surface area contributed by atoms with Gasteiger partial charge >= 0.3 is 0 Å². The van der Waals surface area contributed by atoms with Crippen molar-refractivity contribution in [1.29, 1.82) is 0 Å². The van der Waals surface area contributed by atoms with Crippen molar-refractivity contribution in [3.63, 3.8) is 0 Å². The number of rotatable bonds is 4. The summed E-state index contributed by atoms with van der Waals surface area (Å²) in [6, 6.07) is 4.26. The molecule has 7 nitrogen and oxygen atoms in total. The third-order valence-electron chi connectivity index (χ3n) is 5.09. The number of fused-ring (bicyclic) bond motifs is 3. The Balaban J connectivity index is 1.96. The van der Waals surface area contributed by atoms with Gasteiger partial charge in [0.2, 0.25) is 5.43 Å². The van der Waals surface area contributed by atoms with E-state index in [0.29, 0.717) is 23.3 Å². The number of hydrogen-bond acceptors (Lipinski definition) is 7. The first kappa shape index (κ1) is 18.7. The molecule has 2 aromatic carbocycles. The second-order valence-electron chi connectivity index (χ2n) is 6.94. The van der Waals surface area contributed by atoms with Crippen LogP contribution in [0.4, 0.5) is 0 Å². The van der Waals surface area contributed by atoms with Crippen LogP contribution in [-0.2, 0) is 6.42 Å². The quantitative estimate of drug-likeness (QED) is 0.648. The predicted molar refractivity (Wildman–Crippen MR) is 107 cm³/mol. The molecule has 29 heavy (non-hydrogen) atoms. The minimum absolute atomic E-state index is 0.0568. The smallest absolute Gasteiger partial charge is 0.204 e. The summed E-state index contributed by atoms with van der Waals surface area (Å²) in [4.78, 5) is 13.3. The number of aromatic hydroxyl groups is 2. The van der Waals surface area contributed by atoms with Gasteiger partial charge in [0, 0.05) is 29.7 Å². The minimum Gasteiger partial charge on any atom is -0.507 e. The maximum Gasteiger partial charge on any atom is 0.204 e. The molecule has 0 spiro atoms. The van der Waals surface area contributed by atoms with Crippen molar-refractivity contribution in [2.24, 2.45) is 0 Å². The van der Waals surface area contributed by atoms with E-state index in [-0.39, 0.29) is 45.6 Å². The molecule has 0 saturated heterocycles. The Bertz CT molecular complexity index is 1210. The van der Waals surface area contributed by atoms with E-state index in [1.165, 1.54) is 38.7 Å². The number of phenols is 2. The Kier molecular flexibility index (Phi) is 4.38. The molecule has 7 heteroatoms. The van der Waals surface area contributed by atoms with Crippen LogP contribution in [-0.4, -0.2) is 30.5 Å². The van der Waals surface area contributed by atoms with Crippen molar-refractivity contribution < 1.29 is 28.8 Å². The lowest BCUT2D eigenvalue weighted by molar-refractivity contribution is 0.270. The van der Waals surface area contributed by atoms with Gasteiger partial charge in [-0.15, -0.1) is 0 Å². The van der Waals surface area contributed by atoms with Crippen molar-refractivity contribution in [3.8, 4) is 39.9 Å². The summed E-state index contributed by atoms with van der Waals surface area (Å²) in [5.74, 6) is 0.559. The van der Waals surface area contributed by atoms with Gasteiger partial charge in [0.1, 0.15) is 40.6 Å². The molecule has 0 unspecified atom stereocenters. The summed E-state index contributed by atoms with van der Waals surface area (Å²) in [7, 11) is 2.83. The van der Waals surface area contributed by atoms with Crippen molar-refractivity contribution in [3.05, 3.63) is 52.4 Å². The number of hydrogen-bond donors (Lipinski definition) is 2. The first-order valence-electron chi connectivity index (χ1n) is 8.93. The molecule has 2 N–H and O–H groups in total. The molecule has 0 saturated carbocycles. The largest absolute Gasteiger partial charge is 0.507 e. The molecule has 1 aliphatic heterocycles. The third kappa shape index (κ3) is 2.86. The zero-order valence-corrected chi connectivity index (χ0v) is 16.2. The van der Waals surface area contributed by atoms with Crippen LogP contribution < -0.4 is 19.6 Å². The number of phenolic OH excluding ortho intramolecular Hbond substituents is 2. The summed E-state index contributed by atoms with van der Waals surface area (Å²) >= 11 is 0. The molecule has 2 heterocycles. The van der Waals surface area contributed by atoms with E-state index >= 15 is 0 Å². The Morgan fingerprint density at radius 2 is 1.83 bits per heavy atom. The van der Waals surface area contributed by atoms with Gasteiger partial charge in [-0.1, -0.05) is 6.58 Å². The zero-order valence-electron chi connectivity index (χ0n) is 16.2. The highest BCUT2D eigenvalue weighted by Crippen LogP contribution is 2.43. The summed E-state index contributed by atoms with van der Waals surface area (Å²) < 4.78 is 22.1. The van der Waals surface area contributed by atoms with E-state index in [9.17, 15) is 15.0 Å². The molecule has 0 aliphatic carbocycles. The van der Waals surface area contributed by atoms with Gasteiger partial charge in [0.05, 0.1) is 19.8 Å². The van der Waals surface area contributed by atoms with Gasteiger partial charge in [0.15, 0.2) is 11.5 Å². The average Bonchev–Trinajstić information content (AvgIpc) is 3.12. The Labute approximate surface area is 166 Å². The van der Waals surface area contributed by atoms with E-state index in [0.717, 1.165) is 5.57 Å². The Morgan fingerprint density at radius 3 is 2.48 bits per heavy atom. The van der Waals surface area contributed by atoms with Crippen LogP contribution in [0.5, 0.6) is 28.7 Å². The summed E-state index contributed by atoms with van der Waals surface area (Å²) in [5.41, 5.74) is 1.93. The van der Waals surface area contributed by atoms with Gasteiger partial charge in [-0.2, -0.15) is 0 Å². The molecular formula is C22H20O7. The van der Waals surface area contributed by atoms with Crippen molar-refractivity contribution in [2.45, 2.75) is 19.4 Å². The van der Waals surface area contributed by atoms with Crippen molar-refractivity contribution >= 4 is 11.0 Å². The monoisotopic (exact) mass is 396 g/mol. The molecule has 4 rings (SSSR count). The molecule has 3 aromatic rings. The average molecular weight is 396 g/mol. The maximum absolute atomic E-state index is 13.3. The van der Waals surface area contributed by atoms with Crippen molar-refractivity contribution in [2.75, 3.05) is 14.2 Å².